The molecule has 0 aliphatic heterocycles. The maximum atomic E-state index is 12.4. The van der Waals surface area contributed by atoms with E-state index in [1.54, 1.807) is 24.3 Å². The van der Waals surface area contributed by atoms with Crippen LogP contribution >= 0.6 is 31.9 Å². The Hall–Kier alpha value is -0.690. The Morgan fingerprint density at radius 3 is 2.29 bits per heavy atom. The van der Waals surface area contributed by atoms with Crippen molar-refractivity contribution >= 4 is 41.9 Å². The molecule has 1 N–H and O–H groups in total. The third-order valence-electron chi connectivity index (χ3n) is 3.09. The molecule has 2 rings (SSSR count). The third kappa shape index (κ3) is 4.16. The van der Waals surface area contributed by atoms with Gasteiger partial charge in [-0.3, -0.25) is 0 Å². The summed E-state index contributed by atoms with van der Waals surface area (Å²) in [6.07, 6.45) is 0. The summed E-state index contributed by atoms with van der Waals surface area (Å²) < 4.78 is 28.4. The van der Waals surface area contributed by atoms with Gasteiger partial charge in [-0.25, -0.2) is 13.1 Å². The van der Waals surface area contributed by atoms with Gasteiger partial charge in [0.05, 0.1) is 4.90 Å². The average Bonchev–Trinajstić information content (AvgIpc) is 2.47. The summed E-state index contributed by atoms with van der Waals surface area (Å²) in [5, 5.41) is 0.703. The van der Waals surface area contributed by atoms with Crippen molar-refractivity contribution in [1.82, 2.24) is 4.72 Å². The number of hydrogen-bond donors (Lipinski definition) is 1. The molecule has 6 heteroatoms. The molecule has 21 heavy (non-hydrogen) atoms. The molecule has 0 heterocycles. The molecule has 0 aliphatic carbocycles. The van der Waals surface area contributed by atoms with Gasteiger partial charge in [-0.2, -0.15) is 0 Å². The molecule has 0 spiro atoms. The van der Waals surface area contributed by atoms with E-state index in [-0.39, 0.29) is 10.9 Å². The lowest BCUT2D eigenvalue weighted by Gasteiger charge is -2.16. The molecule has 0 fully saturated rings. The number of sulfonamides is 1. The van der Waals surface area contributed by atoms with Gasteiger partial charge in [-0.15, -0.1) is 0 Å². The Bertz CT molecular complexity index is 715. The summed E-state index contributed by atoms with van der Waals surface area (Å²) in [4.78, 5) is 0.270. The standard InChI is InChI=1S/C15H15Br2NO2S/c1-11(14-4-2-3-5-15(14)17)18-21(19,20)13-8-6-12(10-16)7-9-13/h2-9,11,18H,10H2,1H3/t11-/m0/s1. The molecular formula is C15H15Br2NO2S. The van der Waals surface area contributed by atoms with Crippen LogP contribution in [-0.4, -0.2) is 8.42 Å². The van der Waals surface area contributed by atoms with E-state index in [4.69, 9.17) is 0 Å². The van der Waals surface area contributed by atoms with Gasteiger partial charge in [0.25, 0.3) is 0 Å². The van der Waals surface area contributed by atoms with Crippen molar-refractivity contribution in [1.29, 1.82) is 0 Å². The number of alkyl halides is 1. The fourth-order valence-electron chi connectivity index (χ4n) is 1.95. The predicted octanol–water partition coefficient (Wildman–Crippen LogP) is 4.38. The normalized spacial score (nSPS) is 13.1. The van der Waals surface area contributed by atoms with Gasteiger partial charge < -0.3 is 0 Å². The molecule has 1 atom stereocenters. The van der Waals surface area contributed by atoms with Gasteiger partial charge in [0.15, 0.2) is 0 Å². The SMILES string of the molecule is C[C@H](NS(=O)(=O)c1ccc(CBr)cc1)c1ccccc1Br. The number of nitrogens with one attached hydrogen (secondary N) is 1. The molecule has 0 radical (unpaired) electrons. The topological polar surface area (TPSA) is 46.2 Å². The minimum absolute atomic E-state index is 0.270. The van der Waals surface area contributed by atoms with E-state index in [1.165, 1.54) is 0 Å². The van der Waals surface area contributed by atoms with E-state index in [2.05, 4.69) is 36.6 Å². The summed E-state index contributed by atoms with van der Waals surface area (Å²) in [7, 11) is -3.54. The predicted molar refractivity (Wildman–Crippen MR) is 92.0 cm³/mol. The maximum Gasteiger partial charge on any atom is 0.241 e. The van der Waals surface area contributed by atoms with Crippen LogP contribution in [0.1, 0.15) is 24.1 Å². The highest BCUT2D eigenvalue weighted by Crippen LogP contribution is 2.24. The van der Waals surface area contributed by atoms with Crippen LogP contribution in [0.2, 0.25) is 0 Å². The molecule has 3 nitrogen and oxygen atoms in total. The van der Waals surface area contributed by atoms with Crippen molar-refractivity contribution in [2.45, 2.75) is 23.2 Å². The van der Waals surface area contributed by atoms with E-state index in [0.717, 1.165) is 15.6 Å². The number of benzene rings is 2. The van der Waals surface area contributed by atoms with Crippen LogP contribution in [-0.2, 0) is 15.4 Å². The smallest absolute Gasteiger partial charge is 0.207 e. The molecule has 0 saturated carbocycles. The van der Waals surface area contributed by atoms with Gasteiger partial charge in [-0.1, -0.05) is 62.2 Å². The van der Waals surface area contributed by atoms with Crippen molar-refractivity contribution in [3.8, 4) is 0 Å². The van der Waals surface area contributed by atoms with Crippen LogP contribution in [0.5, 0.6) is 0 Å². The van der Waals surface area contributed by atoms with Crippen LogP contribution in [0.25, 0.3) is 0 Å². The molecule has 2 aromatic carbocycles. The van der Waals surface area contributed by atoms with E-state index < -0.39 is 10.0 Å². The fraction of sp³-hybridized carbons (Fsp3) is 0.200. The lowest BCUT2D eigenvalue weighted by molar-refractivity contribution is 0.566. The van der Waals surface area contributed by atoms with Crippen molar-refractivity contribution in [2.75, 3.05) is 0 Å². The summed E-state index contributed by atoms with van der Waals surface area (Å²) in [5.41, 5.74) is 1.94. The van der Waals surface area contributed by atoms with E-state index >= 15 is 0 Å². The minimum Gasteiger partial charge on any atom is -0.207 e. The third-order valence-corrected chi connectivity index (χ3v) is 6.02. The number of halogens is 2. The molecule has 112 valence electrons. The monoisotopic (exact) mass is 431 g/mol. The largest absolute Gasteiger partial charge is 0.241 e. The zero-order chi connectivity index (χ0) is 15.5. The zero-order valence-electron chi connectivity index (χ0n) is 11.4. The van der Waals surface area contributed by atoms with Gasteiger partial charge in [0.2, 0.25) is 10.0 Å². The van der Waals surface area contributed by atoms with Gasteiger partial charge in [-0.05, 0) is 36.2 Å². The second-order valence-corrected chi connectivity index (χ2v) is 7.77. The minimum atomic E-state index is -3.54. The quantitative estimate of drug-likeness (QED) is 0.712. The highest BCUT2D eigenvalue weighted by molar-refractivity contribution is 9.10. The van der Waals surface area contributed by atoms with Crippen molar-refractivity contribution in [3.05, 3.63) is 64.1 Å². The molecule has 0 aliphatic rings. The Kier molecular flexibility index (Phi) is 5.60. The molecule has 0 saturated heterocycles. The van der Waals surface area contributed by atoms with Crippen LogP contribution < -0.4 is 4.72 Å². The summed E-state index contributed by atoms with van der Waals surface area (Å²) in [6, 6.07) is 14.1. The molecule has 0 aromatic heterocycles. The summed E-state index contributed by atoms with van der Waals surface area (Å²) >= 11 is 6.78. The molecule has 0 bridgehead atoms. The van der Waals surface area contributed by atoms with E-state index in [9.17, 15) is 8.42 Å². The van der Waals surface area contributed by atoms with E-state index in [1.807, 2.05) is 31.2 Å². The van der Waals surface area contributed by atoms with Crippen LogP contribution in [0.3, 0.4) is 0 Å². The Morgan fingerprint density at radius 2 is 1.71 bits per heavy atom. The highest BCUT2D eigenvalue weighted by atomic mass is 79.9. The van der Waals surface area contributed by atoms with Crippen molar-refractivity contribution in [3.63, 3.8) is 0 Å². The first kappa shape index (κ1) is 16.7. The first-order chi connectivity index (χ1) is 9.94. The van der Waals surface area contributed by atoms with Gasteiger partial charge in [0.1, 0.15) is 0 Å². The maximum absolute atomic E-state index is 12.4. The summed E-state index contributed by atoms with van der Waals surface area (Å²) in [5.74, 6) is 0. The average molecular weight is 433 g/mol. The second-order valence-electron chi connectivity index (χ2n) is 4.64. The highest BCUT2D eigenvalue weighted by Gasteiger charge is 2.19. The summed E-state index contributed by atoms with van der Waals surface area (Å²) in [6.45, 7) is 1.82. The van der Waals surface area contributed by atoms with Crippen LogP contribution in [0.15, 0.2) is 57.9 Å². The van der Waals surface area contributed by atoms with Crippen molar-refractivity contribution < 1.29 is 8.42 Å². The Balaban J connectivity index is 2.22. The first-order valence-electron chi connectivity index (χ1n) is 6.35. The lowest BCUT2D eigenvalue weighted by atomic mass is 10.1. The molecule has 0 unspecified atom stereocenters. The fourth-order valence-corrected chi connectivity index (χ4v) is 4.17. The molecule has 0 amide bonds. The first-order valence-corrected chi connectivity index (χ1v) is 9.75. The van der Waals surface area contributed by atoms with Crippen molar-refractivity contribution in [2.24, 2.45) is 0 Å². The van der Waals surface area contributed by atoms with Gasteiger partial charge >= 0.3 is 0 Å². The second kappa shape index (κ2) is 7.05. The molecule has 2 aromatic rings. The lowest BCUT2D eigenvalue weighted by Crippen LogP contribution is -2.27. The van der Waals surface area contributed by atoms with Crippen LogP contribution in [0.4, 0.5) is 0 Å². The Morgan fingerprint density at radius 1 is 1.10 bits per heavy atom. The zero-order valence-corrected chi connectivity index (χ0v) is 15.4. The Labute approximate surface area is 142 Å². The number of hydrogen-bond acceptors (Lipinski definition) is 2. The van der Waals surface area contributed by atoms with E-state index in [0.29, 0.717) is 5.33 Å². The number of rotatable bonds is 5. The van der Waals surface area contributed by atoms with Gasteiger partial charge in [0, 0.05) is 15.8 Å². The molecular weight excluding hydrogens is 418 g/mol. The van der Waals surface area contributed by atoms with Crippen LogP contribution in [0, 0.1) is 0 Å².